The Morgan fingerprint density at radius 1 is 1.05 bits per heavy atom. The minimum atomic E-state index is -0.495. The fraction of sp³-hybridized carbons (Fsp3) is 0.258. The quantitative estimate of drug-likeness (QED) is 0.366. The van der Waals surface area contributed by atoms with Gasteiger partial charge in [0.2, 0.25) is 0 Å². The van der Waals surface area contributed by atoms with Crippen molar-refractivity contribution in [2.24, 2.45) is 11.8 Å². The van der Waals surface area contributed by atoms with Gasteiger partial charge in [0.15, 0.2) is 5.78 Å². The van der Waals surface area contributed by atoms with Crippen molar-refractivity contribution in [3.63, 3.8) is 0 Å². The molecule has 2 aromatic carbocycles. The average molecular weight is 486 g/mol. The maximum atomic E-state index is 12.9. The van der Waals surface area contributed by atoms with Crippen LogP contribution in [0.4, 0.5) is 0 Å². The summed E-state index contributed by atoms with van der Waals surface area (Å²) < 4.78 is 2.03. The van der Waals surface area contributed by atoms with Crippen LogP contribution in [0.15, 0.2) is 78.5 Å². The molecule has 0 saturated heterocycles. The lowest BCUT2D eigenvalue weighted by molar-refractivity contribution is -0.121. The summed E-state index contributed by atoms with van der Waals surface area (Å²) in [5.74, 6) is -0.167. The largest absolute Gasteiger partial charge is 0.293 e. The van der Waals surface area contributed by atoms with Gasteiger partial charge in [-0.15, -0.1) is 0 Å². The van der Waals surface area contributed by atoms with Crippen molar-refractivity contribution < 1.29 is 4.79 Å². The molecule has 0 amide bonds. The fourth-order valence-electron chi connectivity index (χ4n) is 6.21. The smallest absolute Gasteiger partial charge is 0.176 e. The van der Waals surface area contributed by atoms with E-state index in [1.165, 1.54) is 11.1 Å². The molecule has 0 N–H and O–H groups in total. The van der Waals surface area contributed by atoms with E-state index < -0.39 is 5.41 Å². The highest BCUT2D eigenvalue weighted by atomic mass is 16.1. The third-order valence-electron chi connectivity index (χ3n) is 8.12. The molecule has 6 rings (SSSR count). The van der Waals surface area contributed by atoms with Gasteiger partial charge in [-0.3, -0.25) is 4.79 Å². The van der Waals surface area contributed by atoms with Crippen molar-refractivity contribution in [3.8, 4) is 34.3 Å². The Morgan fingerprint density at radius 3 is 2.46 bits per heavy atom. The van der Waals surface area contributed by atoms with Crippen LogP contribution in [-0.2, 0) is 16.6 Å². The number of hydrogen-bond donors (Lipinski definition) is 0. The zero-order valence-corrected chi connectivity index (χ0v) is 21.1. The Hall–Kier alpha value is -4.37. The van der Waals surface area contributed by atoms with Gasteiger partial charge in [0.25, 0.3) is 0 Å². The number of ketones is 1. The third-order valence-corrected chi connectivity index (χ3v) is 8.12. The maximum Gasteiger partial charge on any atom is 0.176 e. The lowest BCUT2D eigenvalue weighted by atomic mass is 9.57. The van der Waals surface area contributed by atoms with Gasteiger partial charge in [0.05, 0.1) is 28.3 Å². The van der Waals surface area contributed by atoms with Gasteiger partial charge < -0.3 is 0 Å². The minimum Gasteiger partial charge on any atom is -0.293 e. The number of aromatic nitrogens is 4. The minimum absolute atomic E-state index is 0.0495. The highest BCUT2D eigenvalue weighted by molar-refractivity contribution is 6.02. The van der Waals surface area contributed by atoms with Crippen molar-refractivity contribution in [1.82, 2.24) is 20.0 Å². The average Bonchev–Trinajstić information content (AvgIpc) is 3.33. The second kappa shape index (κ2) is 8.63. The molecular weight excluding hydrogens is 458 g/mol. The molecule has 0 saturated carbocycles. The van der Waals surface area contributed by atoms with Crippen molar-refractivity contribution in [2.45, 2.75) is 39.0 Å². The molecule has 4 aromatic rings. The lowest BCUT2D eigenvalue weighted by Gasteiger charge is -2.45. The summed E-state index contributed by atoms with van der Waals surface area (Å²) in [6.45, 7) is 6.22. The number of nitrogens with zero attached hydrogens (tertiary/aromatic N) is 5. The molecule has 0 aliphatic heterocycles. The van der Waals surface area contributed by atoms with E-state index in [0.717, 1.165) is 46.7 Å². The van der Waals surface area contributed by atoms with Crippen LogP contribution in [0.2, 0.25) is 0 Å². The highest BCUT2D eigenvalue weighted by Crippen LogP contribution is 2.52. The summed E-state index contributed by atoms with van der Waals surface area (Å²) >= 11 is 0. The number of rotatable bonds is 3. The summed E-state index contributed by atoms with van der Waals surface area (Å²) in [5, 5.41) is 23.2. The van der Waals surface area contributed by atoms with Crippen molar-refractivity contribution in [1.29, 1.82) is 5.26 Å². The zero-order valence-electron chi connectivity index (χ0n) is 21.1. The molecule has 37 heavy (non-hydrogen) atoms. The van der Waals surface area contributed by atoms with Crippen LogP contribution in [0.25, 0.3) is 28.2 Å². The molecule has 0 spiro atoms. The molecule has 182 valence electrons. The summed E-state index contributed by atoms with van der Waals surface area (Å²) in [6, 6.07) is 22.6. The first-order valence-electron chi connectivity index (χ1n) is 12.7. The lowest BCUT2D eigenvalue weighted by Crippen LogP contribution is -2.46. The number of Topliss-reactive ketones (excluding diaryl/α,β-unsaturated/α-hetero) is 1. The SMILES string of the molecule is Cc1ccc(-c2nn(-c3ccc(-c4cccnn4)cc3)c3c2CC[C@@H]2[C@@H](C)C(=O)C(C#N)=C[C@@]32C)cc1. The Bertz CT molecular complexity index is 1580. The van der Waals surface area contributed by atoms with Gasteiger partial charge >= 0.3 is 0 Å². The van der Waals surface area contributed by atoms with Crippen LogP contribution in [0.1, 0.15) is 37.1 Å². The molecule has 2 aliphatic rings. The van der Waals surface area contributed by atoms with E-state index in [4.69, 9.17) is 5.10 Å². The van der Waals surface area contributed by atoms with Gasteiger partial charge in [-0.1, -0.05) is 61.9 Å². The molecule has 0 bridgehead atoms. The Labute approximate surface area is 216 Å². The van der Waals surface area contributed by atoms with Crippen LogP contribution < -0.4 is 0 Å². The maximum absolute atomic E-state index is 12.9. The number of carbonyl (C=O) groups excluding carboxylic acids is 1. The predicted molar refractivity (Wildman–Crippen MR) is 142 cm³/mol. The molecule has 2 aliphatic carbocycles. The van der Waals surface area contributed by atoms with E-state index in [1.807, 2.05) is 41.9 Å². The molecule has 0 fully saturated rings. The molecule has 0 unspecified atom stereocenters. The molecule has 0 radical (unpaired) electrons. The highest BCUT2D eigenvalue weighted by Gasteiger charge is 2.50. The van der Waals surface area contributed by atoms with Crippen LogP contribution in [-0.4, -0.2) is 25.8 Å². The van der Waals surface area contributed by atoms with E-state index in [9.17, 15) is 10.1 Å². The van der Waals surface area contributed by atoms with E-state index in [0.29, 0.717) is 0 Å². The topological polar surface area (TPSA) is 84.5 Å². The van der Waals surface area contributed by atoms with E-state index in [1.54, 1.807) is 6.20 Å². The first-order chi connectivity index (χ1) is 17.9. The number of carbonyl (C=O) groups is 1. The first-order valence-corrected chi connectivity index (χ1v) is 12.7. The van der Waals surface area contributed by atoms with Crippen molar-refractivity contribution in [3.05, 3.63) is 95.3 Å². The van der Waals surface area contributed by atoms with Gasteiger partial charge in [-0.05, 0) is 49.9 Å². The second-order valence-corrected chi connectivity index (χ2v) is 10.4. The number of aryl methyl sites for hydroxylation is 1. The number of nitriles is 1. The summed E-state index contributed by atoms with van der Waals surface area (Å²) in [6.07, 6.45) is 5.28. The molecular formula is C31H27N5O. The Balaban J connectivity index is 1.57. The molecule has 2 aromatic heterocycles. The molecule has 3 atom stereocenters. The summed E-state index contributed by atoms with van der Waals surface area (Å²) in [5.41, 5.74) is 7.97. The third kappa shape index (κ3) is 3.62. The van der Waals surface area contributed by atoms with E-state index >= 15 is 0 Å². The normalized spacial score (nSPS) is 22.5. The van der Waals surface area contributed by atoms with Gasteiger partial charge in [-0.25, -0.2) is 4.68 Å². The Morgan fingerprint density at radius 2 is 1.78 bits per heavy atom. The molecule has 2 heterocycles. The van der Waals surface area contributed by atoms with E-state index in [-0.39, 0.29) is 23.2 Å². The van der Waals surface area contributed by atoms with Crippen molar-refractivity contribution >= 4 is 5.78 Å². The second-order valence-electron chi connectivity index (χ2n) is 10.4. The van der Waals surface area contributed by atoms with Crippen LogP contribution in [0.5, 0.6) is 0 Å². The van der Waals surface area contributed by atoms with Gasteiger partial charge in [-0.2, -0.15) is 20.6 Å². The number of fused-ring (bicyclic) bond motifs is 3. The number of benzene rings is 2. The Kier molecular flexibility index (Phi) is 5.38. The fourth-order valence-corrected chi connectivity index (χ4v) is 6.21. The van der Waals surface area contributed by atoms with E-state index in [2.05, 4.69) is 66.5 Å². The monoisotopic (exact) mass is 485 g/mol. The van der Waals surface area contributed by atoms with Crippen LogP contribution >= 0.6 is 0 Å². The van der Waals surface area contributed by atoms with Gasteiger partial charge in [0.1, 0.15) is 6.07 Å². The predicted octanol–water partition coefficient (Wildman–Crippen LogP) is 5.79. The zero-order chi connectivity index (χ0) is 25.7. The van der Waals surface area contributed by atoms with Gasteiger partial charge in [0, 0.05) is 34.2 Å². The first kappa shape index (κ1) is 23.1. The van der Waals surface area contributed by atoms with Crippen LogP contribution in [0, 0.1) is 30.1 Å². The summed E-state index contributed by atoms with van der Waals surface area (Å²) in [7, 11) is 0. The van der Waals surface area contributed by atoms with Crippen molar-refractivity contribution in [2.75, 3.05) is 0 Å². The standard InChI is InChI=1S/C31H27N5O/c1-19-6-8-22(9-7-19)28-25-14-15-26-20(2)29(37)23(18-32)17-31(26,3)30(25)36(35-28)24-12-10-21(11-13-24)27-5-4-16-33-34-27/h4-13,16-17,20,26H,14-15H2,1-3H3/t20-,26-,31-/m1/s1. The number of hydrogen-bond acceptors (Lipinski definition) is 5. The van der Waals surface area contributed by atoms with Crippen LogP contribution in [0.3, 0.4) is 0 Å². The summed E-state index contributed by atoms with van der Waals surface area (Å²) in [4.78, 5) is 12.9. The molecule has 6 nitrogen and oxygen atoms in total. The number of allylic oxidation sites excluding steroid dienone is 2. The molecule has 6 heteroatoms.